The fraction of sp³-hybridized carbons (Fsp3) is 0.312. The summed E-state index contributed by atoms with van der Waals surface area (Å²) >= 11 is 0. The number of hydrogen-bond donors (Lipinski definition) is 0. The number of para-hydroxylation sites is 1. The number of ether oxygens (including phenoxy) is 1. The summed E-state index contributed by atoms with van der Waals surface area (Å²) in [6.07, 6.45) is 0. The molecule has 104 valence electrons. The molecule has 1 aromatic carbocycles. The number of esters is 1. The van der Waals surface area contributed by atoms with E-state index in [9.17, 15) is 9.59 Å². The molecule has 1 heterocycles. The topological polar surface area (TPSA) is 56.3 Å². The average Bonchev–Trinajstić information content (AvgIpc) is 2.42. The van der Waals surface area contributed by atoms with Gasteiger partial charge in [0, 0.05) is 10.8 Å². The van der Waals surface area contributed by atoms with Gasteiger partial charge in [-0.1, -0.05) is 45.0 Å². The van der Waals surface area contributed by atoms with Gasteiger partial charge < -0.3 is 4.74 Å². The van der Waals surface area contributed by atoms with Crippen LogP contribution in [-0.4, -0.2) is 23.3 Å². The number of rotatable bonds is 3. The van der Waals surface area contributed by atoms with Crippen molar-refractivity contribution in [1.29, 1.82) is 0 Å². The van der Waals surface area contributed by atoms with Gasteiger partial charge in [0.25, 0.3) is 0 Å². The predicted molar refractivity (Wildman–Crippen MR) is 76.5 cm³/mol. The lowest BCUT2D eigenvalue weighted by molar-refractivity contribution is -0.129. The minimum Gasteiger partial charge on any atom is -0.453 e. The third kappa shape index (κ3) is 3.20. The Morgan fingerprint density at radius 1 is 1.10 bits per heavy atom. The Labute approximate surface area is 117 Å². The molecular formula is C16H17NO3. The number of nitrogens with zero attached hydrogens (tertiary/aromatic N) is 1. The number of hydrogen-bond acceptors (Lipinski definition) is 4. The maximum absolute atomic E-state index is 11.9. The summed E-state index contributed by atoms with van der Waals surface area (Å²) in [5.41, 5.74) is 0.423. The fourth-order valence-electron chi connectivity index (χ4n) is 1.60. The van der Waals surface area contributed by atoms with Crippen LogP contribution in [0.2, 0.25) is 0 Å². The maximum Gasteiger partial charge on any atom is 0.357 e. The molecule has 0 saturated heterocycles. The predicted octanol–water partition coefficient (Wildman–Crippen LogP) is 3.01. The molecule has 0 aliphatic heterocycles. The van der Waals surface area contributed by atoms with Crippen molar-refractivity contribution < 1.29 is 14.3 Å². The molecule has 0 aliphatic carbocycles. The summed E-state index contributed by atoms with van der Waals surface area (Å²) in [5, 5.41) is 0.954. The zero-order valence-electron chi connectivity index (χ0n) is 11.8. The lowest BCUT2D eigenvalue weighted by atomic mass is 9.91. The first-order valence-electron chi connectivity index (χ1n) is 6.44. The van der Waals surface area contributed by atoms with Crippen molar-refractivity contribution in [2.24, 2.45) is 5.41 Å². The smallest absolute Gasteiger partial charge is 0.357 e. The number of fused-ring (bicyclic) bond motifs is 1. The Kier molecular flexibility index (Phi) is 3.84. The van der Waals surface area contributed by atoms with Crippen molar-refractivity contribution >= 4 is 22.7 Å². The van der Waals surface area contributed by atoms with Gasteiger partial charge in [-0.25, -0.2) is 9.78 Å². The van der Waals surface area contributed by atoms with Crippen LogP contribution in [-0.2, 0) is 9.53 Å². The van der Waals surface area contributed by atoms with Gasteiger partial charge in [0.1, 0.15) is 5.69 Å². The van der Waals surface area contributed by atoms with E-state index < -0.39 is 11.4 Å². The molecule has 2 rings (SSSR count). The summed E-state index contributed by atoms with van der Waals surface area (Å²) in [6, 6.07) is 10.9. The molecular weight excluding hydrogens is 254 g/mol. The second-order valence-electron chi connectivity index (χ2n) is 5.64. The largest absolute Gasteiger partial charge is 0.453 e. The van der Waals surface area contributed by atoms with Gasteiger partial charge in [-0.2, -0.15) is 0 Å². The van der Waals surface area contributed by atoms with Crippen molar-refractivity contribution in [3.05, 3.63) is 42.1 Å². The van der Waals surface area contributed by atoms with Gasteiger partial charge in [0.15, 0.2) is 12.4 Å². The van der Waals surface area contributed by atoms with E-state index in [1.165, 1.54) is 0 Å². The van der Waals surface area contributed by atoms with Gasteiger partial charge in [-0.15, -0.1) is 0 Å². The molecule has 0 aliphatic rings. The summed E-state index contributed by atoms with van der Waals surface area (Å²) in [7, 11) is 0. The monoisotopic (exact) mass is 271 g/mol. The number of aromatic nitrogens is 1. The number of carbonyl (C=O) groups is 2. The average molecular weight is 271 g/mol. The van der Waals surface area contributed by atoms with Crippen molar-refractivity contribution in [2.75, 3.05) is 6.61 Å². The number of benzene rings is 1. The maximum atomic E-state index is 11.9. The van der Waals surface area contributed by atoms with Crippen molar-refractivity contribution in [3.8, 4) is 0 Å². The van der Waals surface area contributed by atoms with Crippen LogP contribution in [0.25, 0.3) is 10.9 Å². The highest BCUT2D eigenvalue weighted by atomic mass is 16.5. The normalized spacial score (nSPS) is 11.3. The number of carbonyl (C=O) groups excluding carboxylic acids is 2. The first-order chi connectivity index (χ1) is 9.38. The van der Waals surface area contributed by atoms with Crippen LogP contribution in [0.5, 0.6) is 0 Å². The van der Waals surface area contributed by atoms with Crippen LogP contribution in [0.4, 0.5) is 0 Å². The van der Waals surface area contributed by atoms with E-state index in [2.05, 4.69) is 4.98 Å². The Balaban J connectivity index is 2.10. The first kappa shape index (κ1) is 14.2. The second kappa shape index (κ2) is 5.41. The molecule has 2 aromatic rings. The van der Waals surface area contributed by atoms with Crippen LogP contribution in [0.1, 0.15) is 31.3 Å². The fourth-order valence-corrected chi connectivity index (χ4v) is 1.60. The molecule has 0 unspecified atom stereocenters. The molecule has 0 spiro atoms. The molecule has 1 aromatic heterocycles. The van der Waals surface area contributed by atoms with E-state index in [-0.39, 0.29) is 18.1 Å². The Morgan fingerprint density at radius 2 is 1.80 bits per heavy atom. The van der Waals surface area contributed by atoms with E-state index in [1.54, 1.807) is 26.8 Å². The van der Waals surface area contributed by atoms with E-state index in [0.717, 1.165) is 10.9 Å². The quantitative estimate of drug-likeness (QED) is 0.805. The summed E-state index contributed by atoms with van der Waals surface area (Å²) in [5.74, 6) is -0.694. The molecule has 4 nitrogen and oxygen atoms in total. The number of ketones is 1. The molecule has 0 N–H and O–H groups in total. The highest BCUT2D eigenvalue weighted by Gasteiger charge is 2.23. The minimum atomic E-state index is -0.576. The van der Waals surface area contributed by atoms with Crippen LogP contribution in [0.3, 0.4) is 0 Å². The minimum absolute atomic E-state index is 0.119. The summed E-state index contributed by atoms with van der Waals surface area (Å²) < 4.78 is 5.01. The molecule has 0 amide bonds. The van der Waals surface area contributed by atoms with E-state index in [4.69, 9.17) is 4.74 Å². The van der Waals surface area contributed by atoms with E-state index >= 15 is 0 Å². The molecule has 4 heteroatoms. The van der Waals surface area contributed by atoms with Crippen LogP contribution in [0, 0.1) is 5.41 Å². The Morgan fingerprint density at radius 3 is 2.50 bits per heavy atom. The zero-order valence-corrected chi connectivity index (χ0v) is 11.8. The molecule has 20 heavy (non-hydrogen) atoms. The van der Waals surface area contributed by atoms with Crippen LogP contribution in [0.15, 0.2) is 36.4 Å². The Bertz CT molecular complexity index is 656. The second-order valence-corrected chi connectivity index (χ2v) is 5.64. The van der Waals surface area contributed by atoms with Gasteiger partial charge >= 0.3 is 5.97 Å². The van der Waals surface area contributed by atoms with E-state index in [1.807, 2.05) is 30.3 Å². The van der Waals surface area contributed by atoms with Gasteiger partial charge in [0.05, 0.1) is 5.52 Å². The highest BCUT2D eigenvalue weighted by Crippen LogP contribution is 2.15. The van der Waals surface area contributed by atoms with Gasteiger partial charge in [-0.05, 0) is 12.1 Å². The number of Topliss-reactive ketones (excluding diaryl/α,β-unsaturated/α-hetero) is 1. The lowest BCUT2D eigenvalue weighted by Crippen LogP contribution is -2.26. The molecule has 0 fully saturated rings. The van der Waals surface area contributed by atoms with Crippen LogP contribution < -0.4 is 0 Å². The standard InChI is InChI=1S/C16H17NO3/c1-16(2,3)14(18)10-20-15(19)13-9-8-11-6-4-5-7-12(11)17-13/h4-9H,10H2,1-3H3. The van der Waals surface area contributed by atoms with Gasteiger partial charge in [0.2, 0.25) is 0 Å². The molecule has 0 bridgehead atoms. The molecule has 0 atom stereocenters. The van der Waals surface area contributed by atoms with Crippen molar-refractivity contribution in [3.63, 3.8) is 0 Å². The lowest BCUT2D eigenvalue weighted by Gasteiger charge is -2.16. The Hall–Kier alpha value is -2.23. The molecule has 0 saturated carbocycles. The van der Waals surface area contributed by atoms with E-state index in [0.29, 0.717) is 0 Å². The SMILES string of the molecule is CC(C)(C)C(=O)COC(=O)c1ccc2ccccc2n1. The number of pyridine rings is 1. The zero-order chi connectivity index (χ0) is 14.8. The third-order valence-electron chi connectivity index (χ3n) is 2.98. The molecule has 0 radical (unpaired) electrons. The van der Waals surface area contributed by atoms with Crippen molar-refractivity contribution in [2.45, 2.75) is 20.8 Å². The first-order valence-corrected chi connectivity index (χ1v) is 6.44. The van der Waals surface area contributed by atoms with Crippen LogP contribution >= 0.6 is 0 Å². The summed E-state index contributed by atoms with van der Waals surface area (Å²) in [4.78, 5) is 27.8. The van der Waals surface area contributed by atoms with Gasteiger partial charge in [-0.3, -0.25) is 4.79 Å². The third-order valence-corrected chi connectivity index (χ3v) is 2.98. The summed E-state index contributed by atoms with van der Waals surface area (Å²) in [6.45, 7) is 5.14. The highest BCUT2D eigenvalue weighted by molar-refractivity contribution is 5.93. The van der Waals surface area contributed by atoms with Crippen molar-refractivity contribution in [1.82, 2.24) is 4.98 Å².